The summed E-state index contributed by atoms with van der Waals surface area (Å²) < 4.78 is 27.8. The Kier molecular flexibility index (Phi) is 9.76. The molecule has 0 fully saturated rings. The summed E-state index contributed by atoms with van der Waals surface area (Å²) >= 11 is 0. The Balaban J connectivity index is 1.57. The molecule has 0 amide bonds. The third kappa shape index (κ3) is 6.85. The van der Waals surface area contributed by atoms with E-state index in [1.165, 1.54) is 0 Å². The van der Waals surface area contributed by atoms with Gasteiger partial charge >= 0.3 is 5.97 Å². The second kappa shape index (κ2) is 13.9. The number of aromatic nitrogens is 2. The topological polar surface area (TPSA) is 101 Å². The van der Waals surface area contributed by atoms with Crippen LogP contribution in [-0.4, -0.2) is 42.7 Å². The van der Waals surface area contributed by atoms with Crippen molar-refractivity contribution < 1.29 is 28.5 Å². The molecule has 0 spiro atoms. The van der Waals surface area contributed by atoms with Gasteiger partial charge in [-0.15, -0.1) is 0 Å². The quantitative estimate of drug-likeness (QED) is 0.138. The number of methoxy groups -OCH3 is 2. The van der Waals surface area contributed by atoms with E-state index in [-0.39, 0.29) is 23.9 Å². The molecule has 0 bridgehead atoms. The van der Waals surface area contributed by atoms with Gasteiger partial charge in [0.15, 0.2) is 13.9 Å². The van der Waals surface area contributed by atoms with Gasteiger partial charge in [0.2, 0.25) is 0 Å². The van der Waals surface area contributed by atoms with Crippen LogP contribution in [0, 0.1) is 0 Å². The van der Waals surface area contributed by atoms with E-state index in [0.717, 1.165) is 33.3 Å². The Bertz CT molecular complexity index is 2210. The number of ether oxygens (including phenoxy) is 3. The second-order valence-electron chi connectivity index (χ2n) is 14.5. The first-order valence-corrected chi connectivity index (χ1v) is 20.0. The first kappa shape index (κ1) is 35.8. The number of allylic oxidation sites excluding steroid dienone is 1. The minimum atomic E-state index is -2.00. The zero-order valence-electron chi connectivity index (χ0n) is 30.6. The number of carbonyl (C=O) groups is 1. The minimum Gasteiger partial charge on any atom is -0.497 e. The maximum absolute atomic E-state index is 14.5. The molecule has 1 aliphatic rings. The van der Waals surface area contributed by atoms with Crippen LogP contribution in [0.15, 0.2) is 77.6 Å². The van der Waals surface area contributed by atoms with Gasteiger partial charge in [0.25, 0.3) is 5.56 Å². The van der Waals surface area contributed by atoms with E-state index in [1.54, 1.807) is 30.9 Å². The van der Waals surface area contributed by atoms with E-state index in [4.69, 9.17) is 18.6 Å². The number of hydrogen-bond acceptors (Lipinski definition) is 6. The zero-order valence-corrected chi connectivity index (χ0v) is 31.6. The van der Waals surface area contributed by atoms with Crippen molar-refractivity contribution in [2.24, 2.45) is 7.05 Å². The van der Waals surface area contributed by atoms with Gasteiger partial charge in [-0.05, 0) is 66.0 Å². The Morgan fingerprint density at radius 3 is 2.37 bits per heavy atom. The summed E-state index contributed by atoms with van der Waals surface area (Å²) in [6.45, 7) is 11.8. The average molecular weight is 707 g/mol. The van der Waals surface area contributed by atoms with Crippen LogP contribution in [-0.2, 0) is 37.7 Å². The lowest BCUT2D eigenvalue weighted by molar-refractivity contribution is 0.0688. The molecule has 0 aliphatic heterocycles. The molecule has 5 aromatic rings. The number of fused-ring (bicyclic) bond motifs is 4. The van der Waals surface area contributed by atoms with Crippen LogP contribution in [0.2, 0.25) is 18.1 Å². The smallest absolute Gasteiger partial charge is 0.345 e. The lowest BCUT2D eigenvalue weighted by Crippen LogP contribution is -2.40. The Morgan fingerprint density at radius 2 is 1.71 bits per heavy atom. The predicted molar refractivity (Wildman–Crippen MR) is 204 cm³/mol. The normalized spacial score (nSPS) is 12.7. The monoisotopic (exact) mass is 706 g/mol. The lowest BCUT2D eigenvalue weighted by Gasteiger charge is -2.36. The fraction of sp³-hybridized carbons (Fsp3) is 0.317. The molecular formula is C41H46N2O7Si. The highest BCUT2D eigenvalue weighted by atomic mass is 28.4. The van der Waals surface area contributed by atoms with E-state index in [0.29, 0.717) is 41.3 Å². The molecule has 0 radical (unpaired) electrons. The van der Waals surface area contributed by atoms with E-state index < -0.39 is 25.4 Å². The standard InChI is InChI=1S/C41H46N2O7Si/c1-41(2,3)51(7,8)50-25-30-19-29-20-33-27(21-34(29)42(30)4)15-12-16-32-37(33)43(23-28-17-18-31(47-5)22-35(28)48-6)39(44)36(40(45)46)38(32)49-24-26-13-10-9-11-14-26/h9-15,17-22H,16,23-25H2,1-8H3,(H,45,46). The number of aromatic carboxylic acids is 1. The number of pyridine rings is 1. The molecule has 0 saturated carbocycles. The van der Waals surface area contributed by atoms with E-state index >= 15 is 0 Å². The van der Waals surface area contributed by atoms with Crippen LogP contribution in [0.4, 0.5) is 0 Å². The predicted octanol–water partition coefficient (Wildman–Crippen LogP) is 8.44. The molecule has 0 atom stereocenters. The zero-order chi connectivity index (χ0) is 36.7. The molecule has 0 saturated heterocycles. The Morgan fingerprint density at radius 1 is 0.961 bits per heavy atom. The highest BCUT2D eigenvalue weighted by molar-refractivity contribution is 6.74. The van der Waals surface area contributed by atoms with Crippen LogP contribution in [0.25, 0.3) is 28.2 Å². The third-order valence-corrected chi connectivity index (χ3v) is 14.8. The van der Waals surface area contributed by atoms with Gasteiger partial charge in [-0.25, -0.2) is 4.79 Å². The number of aryl methyl sites for hydroxylation is 1. The van der Waals surface area contributed by atoms with Crippen molar-refractivity contribution in [1.29, 1.82) is 0 Å². The molecule has 3 aromatic carbocycles. The number of carboxylic acid groups (broad SMARTS) is 1. The van der Waals surface area contributed by atoms with Crippen molar-refractivity contribution in [2.45, 2.75) is 65.1 Å². The lowest BCUT2D eigenvalue weighted by atomic mass is 9.96. The summed E-state index contributed by atoms with van der Waals surface area (Å²) in [6.07, 6.45) is 4.40. The van der Waals surface area contributed by atoms with Crippen molar-refractivity contribution in [3.05, 3.63) is 117 Å². The van der Waals surface area contributed by atoms with Crippen molar-refractivity contribution in [1.82, 2.24) is 9.13 Å². The molecule has 51 heavy (non-hydrogen) atoms. The van der Waals surface area contributed by atoms with Gasteiger partial charge in [-0.1, -0.05) is 63.3 Å². The highest BCUT2D eigenvalue weighted by Crippen LogP contribution is 2.41. The maximum Gasteiger partial charge on any atom is 0.345 e. The highest BCUT2D eigenvalue weighted by Gasteiger charge is 2.37. The molecule has 6 rings (SSSR count). The molecule has 2 heterocycles. The van der Waals surface area contributed by atoms with Gasteiger partial charge in [0, 0.05) is 46.4 Å². The van der Waals surface area contributed by atoms with Crippen LogP contribution in [0.3, 0.4) is 0 Å². The molecule has 1 aliphatic carbocycles. The summed E-state index contributed by atoms with van der Waals surface area (Å²) in [7, 11) is 3.18. The van der Waals surface area contributed by atoms with Gasteiger partial charge in [0.1, 0.15) is 23.9 Å². The largest absolute Gasteiger partial charge is 0.497 e. The summed E-state index contributed by atoms with van der Waals surface area (Å²) in [5.74, 6) is -0.141. The van der Waals surface area contributed by atoms with E-state index in [9.17, 15) is 14.7 Å². The molecule has 0 unspecified atom stereocenters. The molecule has 10 heteroatoms. The van der Waals surface area contributed by atoms with E-state index in [2.05, 4.69) is 56.6 Å². The fourth-order valence-corrected chi connectivity index (χ4v) is 7.29. The molecular weight excluding hydrogens is 661 g/mol. The van der Waals surface area contributed by atoms with Crippen molar-refractivity contribution in [2.75, 3.05) is 14.2 Å². The van der Waals surface area contributed by atoms with Crippen LogP contribution >= 0.6 is 0 Å². The number of rotatable bonds is 11. The number of hydrogen-bond donors (Lipinski definition) is 1. The second-order valence-corrected chi connectivity index (χ2v) is 19.3. The Labute approximate surface area is 299 Å². The molecule has 266 valence electrons. The fourth-order valence-electron chi connectivity index (χ4n) is 6.35. The van der Waals surface area contributed by atoms with Crippen LogP contribution in [0.5, 0.6) is 17.2 Å². The Hall–Kier alpha value is -5.06. The van der Waals surface area contributed by atoms with Gasteiger partial charge in [0.05, 0.1) is 33.1 Å². The van der Waals surface area contributed by atoms with Crippen molar-refractivity contribution in [3.8, 4) is 28.5 Å². The minimum absolute atomic E-state index is 0.0610. The van der Waals surface area contributed by atoms with Crippen molar-refractivity contribution >= 4 is 31.3 Å². The molecule has 1 N–H and O–H groups in total. The molecule has 9 nitrogen and oxygen atoms in total. The maximum atomic E-state index is 14.5. The summed E-state index contributed by atoms with van der Waals surface area (Å²) in [6, 6.07) is 21.3. The third-order valence-electron chi connectivity index (χ3n) is 10.4. The molecule has 2 aromatic heterocycles. The first-order valence-electron chi connectivity index (χ1n) is 17.1. The summed E-state index contributed by atoms with van der Waals surface area (Å²) in [5, 5.41) is 11.6. The van der Waals surface area contributed by atoms with Crippen molar-refractivity contribution in [3.63, 3.8) is 0 Å². The summed E-state index contributed by atoms with van der Waals surface area (Å²) in [5.41, 5.74) is 5.52. The summed E-state index contributed by atoms with van der Waals surface area (Å²) in [4.78, 5) is 27.5. The SMILES string of the molecule is COc1ccc(Cn2c3c(c(OCc4ccccc4)c(C(=O)O)c2=O)CC=Cc2cc4c(cc2-3)cc(CO[Si](C)(C)C(C)(C)C)n4C)c(OC)c1. The number of nitrogens with zero attached hydrogens (tertiary/aromatic N) is 2. The number of carboxylic acids is 1. The first-order chi connectivity index (χ1) is 24.2. The van der Waals surface area contributed by atoms with Crippen LogP contribution < -0.4 is 19.8 Å². The van der Waals surface area contributed by atoms with E-state index in [1.807, 2.05) is 55.6 Å². The van der Waals surface area contributed by atoms with Gasteiger partial charge in [-0.3, -0.25) is 4.79 Å². The number of benzene rings is 3. The van der Waals surface area contributed by atoms with Gasteiger partial charge in [-0.2, -0.15) is 0 Å². The van der Waals surface area contributed by atoms with Gasteiger partial charge < -0.3 is 32.9 Å². The average Bonchev–Trinajstić information content (AvgIpc) is 3.28. The van der Waals surface area contributed by atoms with Crippen LogP contribution in [0.1, 0.15) is 59.1 Å².